The number of benzene rings is 1. The first-order valence-corrected chi connectivity index (χ1v) is 6.52. The Hall–Kier alpha value is -0.250. The highest BCUT2D eigenvalue weighted by atomic mass is 35.5. The maximum atomic E-state index is 13.3. The number of halogens is 2. The van der Waals surface area contributed by atoms with Gasteiger partial charge in [-0.15, -0.1) is 0 Å². The highest BCUT2D eigenvalue weighted by Gasteiger charge is 2.12. The van der Waals surface area contributed by atoms with Crippen LogP contribution in [0.15, 0.2) is 18.2 Å². The lowest BCUT2D eigenvalue weighted by atomic mass is 10.1. The van der Waals surface area contributed by atoms with E-state index in [1.54, 1.807) is 23.9 Å². The molecule has 0 radical (unpaired) electrons. The second kappa shape index (κ2) is 6.36. The van der Waals surface area contributed by atoms with E-state index in [2.05, 4.69) is 0 Å². The third kappa shape index (κ3) is 4.01. The van der Waals surface area contributed by atoms with Crippen LogP contribution in [-0.2, 0) is 6.42 Å². The molecule has 0 aliphatic heterocycles. The Labute approximate surface area is 98.6 Å². The van der Waals surface area contributed by atoms with Crippen molar-refractivity contribution >= 4 is 23.4 Å². The van der Waals surface area contributed by atoms with E-state index in [0.717, 1.165) is 5.75 Å². The van der Waals surface area contributed by atoms with Crippen molar-refractivity contribution in [1.29, 1.82) is 0 Å². The average Bonchev–Trinajstić information content (AvgIpc) is 2.21. The van der Waals surface area contributed by atoms with Crippen LogP contribution < -0.4 is 0 Å². The molecule has 0 saturated heterocycles. The number of hydrogen-bond donors (Lipinski definition) is 1. The summed E-state index contributed by atoms with van der Waals surface area (Å²) in [5.41, 5.74) is 0.410. The largest absolute Gasteiger partial charge is 0.393 e. The van der Waals surface area contributed by atoms with Gasteiger partial charge in [0.1, 0.15) is 5.82 Å². The Kier molecular flexibility index (Phi) is 5.43. The predicted octanol–water partition coefficient (Wildman–Crippen LogP) is 3.14. The first-order valence-electron chi connectivity index (χ1n) is 4.75. The molecule has 1 aromatic carbocycles. The van der Waals surface area contributed by atoms with Gasteiger partial charge in [-0.3, -0.25) is 0 Å². The van der Waals surface area contributed by atoms with E-state index >= 15 is 0 Å². The summed E-state index contributed by atoms with van der Waals surface area (Å²) in [4.78, 5) is 0. The van der Waals surface area contributed by atoms with Crippen LogP contribution in [0, 0.1) is 5.82 Å². The van der Waals surface area contributed by atoms with E-state index in [9.17, 15) is 9.50 Å². The summed E-state index contributed by atoms with van der Waals surface area (Å²) in [6.45, 7) is 0. The zero-order chi connectivity index (χ0) is 11.3. The topological polar surface area (TPSA) is 20.2 Å². The fraction of sp³-hybridized carbons (Fsp3) is 0.455. The first kappa shape index (κ1) is 12.8. The molecule has 0 aliphatic rings. The maximum absolute atomic E-state index is 13.3. The van der Waals surface area contributed by atoms with Crippen LogP contribution >= 0.6 is 23.4 Å². The molecule has 84 valence electrons. The molecular formula is C11H14ClFOS. The van der Waals surface area contributed by atoms with Gasteiger partial charge in [0, 0.05) is 17.0 Å². The van der Waals surface area contributed by atoms with Gasteiger partial charge in [-0.25, -0.2) is 4.39 Å². The van der Waals surface area contributed by atoms with Crippen molar-refractivity contribution in [2.45, 2.75) is 18.9 Å². The Bertz CT molecular complexity index is 299. The minimum atomic E-state index is -0.521. The molecule has 1 N–H and O–H groups in total. The monoisotopic (exact) mass is 248 g/mol. The quantitative estimate of drug-likeness (QED) is 0.864. The smallest absolute Gasteiger partial charge is 0.127 e. The van der Waals surface area contributed by atoms with Crippen molar-refractivity contribution in [3.8, 4) is 0 Å². The van der Waals surface area contributed by atoms with Gasteiger partial charge in [-0.1, -0.05) is 17.7 Å². The van der Waals surface area contributed by atoms with E-state index < -0.39 is 6.10 Å². The van der Waals surface area contributed by atoms with Crippen LogP contribution in [0.25, 0.3) is 0 Å². The minimum absolute atomic E-state index is 0.284. The number of aliphatic hydroxyl groups excluding tert-OH is 1. The van der Waals surface area contributed by atoms with Crippen LogP contribution in [0.1, 0.15) is 12.0 Å². The number of aliphatic hydroxyl groups is 1. The summed E-state index contributed by atoms with van der Waals surface area (Å²) in [5.74, 6) is 0.526. The van der Waals surface area contributed by atoms with Crippen molar-refractivity contribution in [2.75, 3.05) is 12.0 Å². The molecule has 4 heteroatoms. The number of rotatable bonds is 5. The molecular weight excluding hydrogens is 235 g/mol. The first-order chi connectivity index (χ1) is 7.15. The van der Waals surface area contributed by atoms with E-state index in [0.29, 0.717) is 17.0 Å². The molecule has 1 rings (SSSR count). The molecule has 0 bridgehead atoms. The molecule has 0 heterocycles. The van der Waals surface area contributed by atoms with E-state index in [1.807, 2.05) is 6.26 Å². The average molecular weight is 249 g/mol. The van der Waals surface area contributed by atoms with Gasteiger partial charge < -0.3 is 5.11 Å². The van der Waals surface area contributed by atoms with Crippen LogP contribution in [0.4, 0.5) is 4.39 Å². The lowest BCUT2D eigenvalue weighted by Crippen LogP contribution is -2.12. The molecule has 0 saturated carbocycles. The summed E-state index contributed by atoms with van der Waals surface area (Å²) in [6.07, 6.45) is 2.40. The van der Waals surface area contributed by atoms with E-state index in [-0.39, 0.29) is 12.2 Å². The summed E-state index contributed by atoms with van der Waals surface area (Å²) in [5, 5.41) is 10.0. The summed E-state index contributed by atoms with van der Waals surface area (Å²) >= 11 is 7.51. The van der Waals surface area contributed by atoms with Gasteiger partial charge in [0.05, 0.1) is 6.10 Å². The van der Waals surface area contributed by atoms with Crippen LogP contribution in [0.3, 0.4) is 0 Å². The summed E-state index contributed by atoms with van der Waals surface area (Å²) in [6, 6.07) is 4.57. The zero-order valence-electron chi connectivity index (χ0n) is 8.54. The van der Waals surface area contributed by atoms with Gasteiger partial charge in [-0.2, -0.15) is 11.8 Å². The van der Waals surface area contributed by atoms with Gasteiger partial charge in [0.25, 0.3) is 0 Å². The molecule has 1 aromatic rings. The standard InChI is InChI=1S/C11H14ClFOS/c1-15-6-5-8(14)7-9-10(12)3-2-4-11(9)13/h2-4,8,14H,5-7H2,1H3. The van der Waals surface area contributed by atoms with Crippen molar-refractivity contribution < 1.29 is 9.50 Å². The van der Waals surface area contributed by atoms with Crippen molar-refractivity contribution in [1.82, 2.24) is 0 Å². The zero-order valence-corrected chi connectivity index (χ0v) is 10.1. The lowest BCUT2D eigenvalue weighted by molar-refractivity contribution is 0.171. The second-order valence-corrected chi connectivity index (χ2v) is 4.73. The number of thioether (sulfide) groups is 1. The SMILES string of the molecule is CSCCC(O)Cc1c(F)cccc1Cl. The third-order valence-corrected chi connectivity index (χ3v) is 3.15. The second-order valence-electron chi connectivity index (χ2n) is 3.34. The van der Waals surface area contributed by atoms with Crippen LogP contribution in [-0.4, -0.2) is 23.2 Å². The fourth-order valence-electron chi connectivity index (χ4n) is 1.32. The normalized spacial score (nSPS) is 12.8. The minimum Gasteiger partial charge on any atom is -0.393 e. The molecule has 15 heavy (non-hydrogen) atoms. The fourth-order valence-corrected chi connectivity index (χ4v) is 2.07. The molecule has 0 spiro atoms. The Morgan fingerprint density at radius 3 is 2.87 bits per heavy atom. The lowest BCUT2D eigenvalue weighted by Gasteiger charge is -2.11. The Morgan fingerprint density at radius 1 is 1.53 bits per heavy atom. The highest BCUT2D eigenvalue weighted by molar-refractivity contribution is 7.98. The van der Waals surface area contributed by atoms with Gasteiger partial charge in [0.2, 0.25) is 0 Å². The molecule has 1 nitrogen and oxygen atoms in total. The Balaban J connectivity index is 2.63. The summed E-state index contributed by atoms with van der Waals surface area (Å²) in [7, 11) is 0. The molecule has 0 amide bonds. The highest BCUT2D eigenvalue weighted by Crippen LogP contribution is 2.21. The maximum Gasteiger partial charge on any atom is 0.127 e. The summed E-state index contributed by atoms with van der Waals surface area (Å²) < 4.78 is 13.3. The van der Waals surface area contributed by atoms with Crippen LogP contribution in [0.2, 0.25) is 5.02 Å². The van der Waals surface area contributed by atoms with Crippen molar-refractivity contribution in [3.05, 3.63) is 34.6 Å². The molecule has 1 atom stereocenters. The van der Waals surface area contributed by atoms with Crippen molar-refractivity contribution in [2.24, 2.45) is 0 Å². The third-order valence-electron chi connectivity index (χ3n) is 2.16. The van der Waals surface area contributed by atoms with Gasteiger partial charge in [0.15, 0.2) is 0 Å². The number of hydrogen-bond acceptors (Lipinski definition) is 2. The van der Waals surface area contributed by atoms with Crippen LogP contribution in [0.5, 0.6) is 0 Å². The molecule has 0 aromatic heterocycles. The van der Waals surface area contributed by atoms with E-state index in [1.165, 1.54) is 6.07 Å². The van der Waals surface area contributed by atoms with Crippen molar-refractivity contribution in [3.63, 3.8) is 0 Å². The van der Waals surface area contributed by atoms with Gasteiger partial charge in [-0.05, 0) is 30.6 Å². The Morgan fingerprint density at radius 2 is 2.27 bits per heavy atom. The molecule has 0 aliphatic carbocycles. The van der Waals surface area contributed by atoms with Gasteiger partial charge >= 0.3 is 0 Å². The van der Waals surface area contributed by atoms with E-state index in [4.69, 9.17) is 11.6 Å². The predicted molar refractivity (Wildman–Crippen MR) is 64.1 cm³/mol. The molecule has 1 unspecified atom stereocenters. The molecule has 0 fully saturated rings.